The first-order valence-electron chi connectivity index (χ1n) is 7.78. The van der Waals surface area contributed by atoms with Crippen molar-refractivity contribution in [3.63, 3.8) is 0 Å². The molecule has 25 heavy (non-hydrogen) atoms. The molecule has 132 valence electrons. The van der Waals surface area contributed by atoms with Gasteiger partial charge in [-0.1, -0.05) is 23.7 Å². The zero-order chi connectivity index (χ0) is 18.6. The first-order chi connectivity index (χ1) is 11.7. The van der Waals surface area contributed by atoms with Gasteiger partial charge in [0.2, 0.25) is 0 Å². The molecule has 0 heterocycles. The first kappa shape index (κ1) is 18.8. The average molecular weight is 362 g/mol. The van der Waals surface area contributed by atoms with E-state index in [1.165, 1.54) is 0 Å². The summed E-state index contributed by atoms with van der Waals surface area (Å²) in [6, 6.07) is 13.5. The standard InChI is InChI=1S/C19H20ClNO4/c1-12(17(22)23)13-5-4-6-15(11-13)21-18(24)19(2,3)25-16-9-7-14(20)8-10-16/h4-12H,1-3H3,(H,21,24)(H,22,23). The molecule has 0 saturated carbocycles. The summed E-state index contributed by atoms with van der Waals surface area (Å²) < 4.78 is 5.74. The highest BCUT2D eigenvalue weighted by atomic mass is 35.5. The number of nitrogens with one attached hydrogen (secondary N) is 1. The number of amides is 1. The number of carbonyl (C=O) groups excluding carboxylic acids is 1. The number of carboxylic acid groups (broad SMARTS) is 1. The third kappa shape index (κ3) is 4.97. The molecule has 5 nitrogen and oxygen atoms in total. The molecule has 2 N–H and O–H groups in total. The summed E-state index contributed by atoms with van der Waals surface area (Å²) in [6.45, 7) is 4.90. The molecule has 0 fully saturated rings. The first-order valence-corrected chi connectivity index (χ1v) is 8.15. The van der Waals surface area contributed by atoms with Crippen molar-refractivity contribution in [3.05, 3.63) is 59.1 Å². The molecule has 1 atom stereocenters. The Labute approximate surface area is 151 Å². The van der Waals surface area contributed by atoms with E-state index in [0.717, 1.165) is 0 Å². The second kappa shape index (κ2) is 7.57. The number of carboxylic acids is 1. The van der Waals surface area contributed by atoms with Crippen molar-refractivity contribution in [1.82, 2.24) is 0 Å². The minimum absolute atomic E-state index is 0.345. The number of hydrogen-bond acceptors (Lipinski definition) is 3. The zero-order valence-electron chi connectivity index (χ0n) is 14.2. The molecule has 0 spiro atoms. The topological polar surface area (TPSA) is 75.6 Å². The van der Waals surface area contributed by atoms with Gasteiger partial charge in [-0.25, -0.2) is 0 Å². The molecule has 0 saturated heterocycles. The summed E-state index contributed by atoms with van der Waals surface area (Å²) >= 11 is 5.84. The SMILES string of the molecule is CC(C(=O)O)c1cccc(NC(=O)C(C)(C)Oc2ccc(Cl)cc2)c1. The van der Waals surface area contributed by atoms with Crippen molar-refractivity contribution in [1.29, 1.82) is 0 Å². The van der Waals surface area contributed by atoms with Crippen LogP contribution < -0.4 is 10.1 Å². The molecule has 1 unspecified atom stereocenters. The smallest absolute Gasteiger partial charge is 0.310 e. The fourth-order valence-electron chi connectivity index (χ4n) is 2.15. The normalized spacial score (nSPS) is 12.3. The lowest BCUT2D eigenvalue weighted by molar-refractivity contribution is -0.138. The molecule has 0 bridgehead atoms. The highest BCUT2D eigenvalue weighted by Crippen LogP contribution is 2.23. The lowest BCUT2D eigenvalue weighted by Gasteiger charge is -2.25. The van der Waals surface area contributed by atoms with Crippen LogP contribution in [0.3, 0.4) is 0 Å². The van der Waals surface area contributed by atoms with E-state index in [1.54, 1.807) is 69.3 Å². The van der Waals surface area contributed by atoms with Gasteiger partial charge in [-0.2, -0.15) is 0 Å². The second-order valence-corrected chi connectivity index (χ2v) is 6.64. The Balaban J connectivity index is 2.11. The number of aliphatic carboxylic acids is 1. The molecule has 0 radical (unpaired) electrons. The molecular weight excluding hydrogens is 342 g/mol. The van der Waals surface area contributed by atoms with Crippen LogP contribution in [0.1, 0.15) is 32.3 Å². The van der Waals surface area contributed by atoms with Crippen LogP contribution in [0, 0.1) is 0 Å². The predicted molar refractivity (Wildman–Crippen MR) is 97.3 cm³/mol. The molecule has 6 heteroatoms. The summed E-state index contributed by atoms with van der Waals surface area (Å²) in [4.78, 5) is 23.6. The molecule has 0 aliphatic carbocycles. The Morgan fingerprint density at radius 1 is 1.16 bits per heavy atom. The molecule has 0 aliphatic heterocycles. The number of anilines is 1. The van der Waals surface area contributed by atoms with Gasteiger partial charge in [0.15, 0.2) is 5.60 Å². The van der Waals surface area contributed by atoms with Crippen LogP contribution in [-0.2, 0) is 9.59 Å². The van der Waals surface area contributed by atoms with Gasteiger partial charge in [0.25, 0.3) is 5.91 Å². The maximum atomic E-state index is 12.5. The predicted octanol–water partition coefficient (Wildman–Crippen LogP) is 4.32. The molecular formula is C19H20ClNO4. The quantitative estimate of drug-likeness (QED) is 0.803. The van der Waals surface area contributed by atoms with Gasteiger partial charge in [0, 0.05) is 10.7 Å². The molecule has 0 aromatic heterocycles. The van der Waals surface area contributed by atoms with Crippen LogP contribution in [-0.4, -0.2) is 22.6 Å². The molecule has 1 amide bonds. The Hall–Kier alpha value is -2.53. The highest BCUT2D eigenvalue weighted by molar-refractivity contribution is 6.30. The largest absolute Gasteiger partial charge is 0.481 e. The highest BCUT2D eigenvalue weighted by Gasteiger charge is 2.30. The van der Waals surface area contributed by atoms with Gasteiger partial charge in [0.1, 0.15) is 5.75 Å². The minimum atomic E-state index is -1.12. The van der Waals surface area contributed by atoms with Crippen molar-refractivity contribution in [2.75, 3.05) is 5.32 Å². The minimum Gasteiger partial charge on any atom is -0.481 e. The zero-order valence-corrected chi connectivity index (χ0v) is 15.0. The summed E-state index contributed by atoms with van der Waals surface area (Å²) in [5, 5.41) is 12.5. The Bertz CT molecular complexity index is 771. The van der Waals surface area contributed by atoms with Gasteiger partial charge in [-0.05, 0) is 62.7 Å². The monoisotopic (exact) mass is 361 g/mol. The lowest BCUT2D eigenvalue weighted by Crippen LogP contribution is -2.42. The van der Waals surface area contributed by atoms with Gasteiger partial charge in [-0.3, -0.25) is 9.59 Å². The van der Waals surface area contributed by atoms with Crippen LogP contribution >= 0.6 is 11.6 Å². The fourth-order valence-corrected chi connectivity index (χ4v) is 2.28. The number of ether oxygens (including phenoxy) is 1. The lowest BCUT2D eigenvalue weighted by atomic mass is 10.0. The van der Waals surface area contributed by atoms with Crippen LogP contribution in [0.4, 0.5) is 5.69 Å². The van der Waals surface area contributed by atoms with E-state index < -0.39 is 17.5 Å². The van der Waals surface area contributed by atoms with Gasteiger partial charge in [0.05, 0.1) is 5.92 Å². The maximum Gasteiger partial charge on any atom is 0.310 e. The van der Waals surface area contributed by atoms with Crippen molar-refractivity contribution < 1.29 is 19.4 Å². The number of rotatable bonds is 6. The van der Waals surface area contributed by atoms with Crippen LogP contribution in [0.25, 0.3) is 0 Å². The molecule has 0 aliphatic rings. The fraction of sp³-hybridized carbons (Fsp3) is 0.263. The van der Waals surface area contributed by atoms with E-state index >= 15 is 0 Å². The van der Waals surface area contributed by atoms with E-state index in [-0.39, 0.29) is 5.91 Å². The number of carbonyl (C=O) groups is 2. The Morgan fingerprint density at radius 3 is 2.40 bits per heavy atom. The average Bonchev–Trinajstić information content (AvgIpc) is 2.56. The third-order valence-electron chi connectivity index (χ3n) is 3.75. The van der Waals surface area contributed by atoms with Gasteiger partial charge in [-0.15, -0.1) is 0 Å². The van der Waals surface area contributed by atoms with Crippen molar-refractivity contribution in [2.45, 2.75) is 32.3 Å². The number of hydrogen-bond donors (Lipinski definition) is 2. The van der Waals surface area contributed by atoms with Crippen molar-refractivity contribution in [2.24, 2.45) is 0 Å². The van der Waals surface area contributed by atoms with E-state index in [2.05, 4.69) is 5.32 Å². The molecule has 2 aromatic carbocycles. The Morgan fingerprint density at radius 2 is 1.80 bits per heavy atom. The number of halogens is 1. The summed E-state index contributed by atoms with van der Waals surface area (Å²) in [5.74, 6) is -1.40. The summed E-state index contributed by atoms with van der Waals surface area (Å²) in [7, 11) is 0. The van der Waals surface area contributed by atoms with Crippen LogP contribution in [0.15, 0.2) is 48.5 Å². The van der Waals surface area contributed by atoms with Gasteiger partial charge >= 0.3 is 5.97 Å². The Kier molecular flexibility index (Phi) is 5.69. The van der Waals surface area contributed by atoms with Crippen LogP contribution in [0.5, 0.6) is 5.75 Å². The van der Waals surface area contributed by atoms with Crippen LogP contribution in [0.2, 0.25) is 5.02 Å². The van der Waals surface area contributed by atoms with E-state index in [1.807, 2.05) is 0 Å². The van der Waals surface area contributed by atoms with Gasteiger partial charge < -0.3 is 15.2 Å². The second-order valence-electron chi connectivity index (χ2n) is 6.21. The third-order valence-corrected chi connectivity index (χ3v) is 4.00. The van der Waals surface area contributed by atoms with Crippen molar-refractivity contribution in [3.8, 4) is 5.75 Å². The molecule has 2 aromatic rings. The van der Waals surface area contributed by atoms with E-state index in [4.69, 9.17) is 21.4 Å². The van der Waals surface area contributed by atoms with E-state index in [9.17, 15) is 9.59 Å². The van der Waals surface area contributed by atoms with E-state index in [0.29, 0.717) is 22.0 Å². The number of benzene rings is 2. The summed E-state index contributed by atoms with van der Waals surface area (Å²) in [5.41, 5.74) is 0.00696. The van der Waals surface area contributed by atoms with Crippen molar-refractivity contribution >= 4 is 29.2 Å². The maximum absolute atomic E-state index is 12.5. The summed E-state index contributed by atoms with van der Waals surface area (Å²) in [6.07, 6.45) is 0. The molecule has 2 rings (SSSR count).